The minimum atomic E-state index is 0.0298. The van der Waals surface area contributed by atoms with E-state index in [1.54, 1.807) is 0 Å². The third kappa shape index (κ3) is 2.15. The normalized spacial score (nSPS) is 13.3. The average Bonchev–Trinajstić information content (AvgIpc) is 2.62. The summed E-state index contributed by atoms with van der Waals surface area (Å²) >= 11 is 0. The summed E-state index contributed by atoms with van der Waals surface area (Å²) in [4.78, 5) is 0. The van der Waals surface area contributed by atoms with Gasteiger partial charge in [0.1, 0.15) is 11.0 Å². The van der Waals surface area contributed by atoms with Crippen molar-refractivity contribution in [3.63, 3.8) is 0 Å². The topological polar surface area (TPSA) is 38.9 Å². The van der Waals surface area contributed by atoms with Crippen LogP contribution in [0.4, 0.5) is 0 Å². The van der Waals surface area contributed by atoms with Crippen molar-refractivity contribution in [3.8, 4) is 0 Å². The molecule has 0 aliphatic rings. The van der Waals surface area contributed by atoms with Crippen LogP contribution in [-0.2, 0) is 10.8 Å². The molecule has 0 spiro atoms. The van der Waals surface area contributed by atoms with Gasteiger partial charge in [-0.15, -0.1) is 0 Å². The van der Waals surface area contributed by atoms with E-state index in [-0.39, 0.29) is 10.8 Å². The molecule has 19 heavy (non-hydrogen) atoms. The smallest absolute Gasteiger partial charge is 0.139 e. The molecule has 0 fully saturated rings. The molecule has 0 unspecified atom stereocenters. The van der Waals surface area contributed by atoms with Gasteiger partial charge >= 0.3 is 0 Å². The molecule has 104 valence electrons. The summed E-state index contributed by atoms with van der Waals surface area (Å²) in [5.41, 5.74) is 7.00. The van der Waals surface area contributed by atoms with Gasteiger partial charge in [-0.1, -0.05) is 41.5 Å². The fourth-order valence-electron chi connectivity index (χ4n) is 3.08. The molecule has 0 aliphatic heterocycles. The molecular weight excluding hydrogens is 236 g/mol. The second-order valence-corrected chi connectivity index (χ2v) is 7.46. The quantitative estimate of drug-likeness (QED) is 0.703. The van der Waals surface area contributed by atoms with Crippen molar-refractivity contribution in [2.45, 2.75) is 66.2 Å². The van der Waals surface area contributed by atoms with Crippen molar-refractivity contribution in [3.05, 3.63) is 22.3 Å². The summed E-state index contributed by atoms with van der Waals surface area (Å²) in [6.45, 7) is 17.6. The van der Waals surface area contributed by atoms with Crippen LogP contribution in [0.2, 0.25) is 0 Å². The van der Waals surface area contributed by atoms with Crippen LogP contribution in [0.3, 0.4) is 0 Å². The summed E-state index contributed by atoms with van der Waals surface area (Å²) < 4.78 is 5.05. The molecule has 2 aromatic rings. The van der Waals surface area contributed by atoms with E-state index in [9.17, 15) is 0 Å². The Kier molecular flexibility index (Phi) is 3.00. The van der Waals surface area contributed by atoms with Crippen LogP contribution in [0.5, 0.6) is 0 Å². The van der Waals surface area contributed by atoms with Crippen molar-refractivity contribution in [2.24, 2.45) is 0 Å². The summed E-state index contributed by atoms with van der Waals surface area (Å²) in [6.07, 6.45) is 0. The van der Waals surface area contributed by atoms with Crippen LogP contribution in [-0.4, -0.2) is 10.3 Å². The van der Waals surface area contributed by atoms with Crippen molar-refractivity contribution < 1.29 is 4.63 Å². The van der Waals surface area contributed by atoms with Gasteiger partial charge in [-0.25, -0.2) is 4.63 Å². The minimum Gasteiger partial charge on any atom is -0.243 e. The molecule has 0 radical (unpaired) electrons. The molecule has 0 saturated carbocycles. The van der Waals surface area contributed by atoms with E-state index in [2.05, 4.69) is 65.7 Å². The predicted octanol–water partition coefficient (Wildman–Crippen LogP) is 4.43. The van der Waals surface area contributed by atoms with Crippen molar-refractivity contribution in [2.75, 3.05) is 0 Å². The maximum absolute atomic E-state index is 5.05. The summed E-state index contributed by atoms with van der Waals surface area (Å²) in [5.74, 6) is 0. The lowest BCUT2D eigenvalue weighted by molar-refractivity contribution is 0.314. The molecule has 0 aliphatic carbocycles. The summed E-state index contributed by atoms with van der Waals surface area (Å²) in [5, 5.41) is 8.35. The van der Waals surface area contributed by atoms with E-state index in [4.69, 9.17) is 4.63 Å². The van der Waals surface area contributed by atoms with Gasteiger partial charge in [0.05, 0.1) is 0 Å². The Morgan fingerprint density at radius 3 is 1.26 bits per heavy atom. The van der Waals surface area contributed by atoms with Gasteiger partial charge < -0.3 is 0 Å². The number of hydrogen-bond acceptors (Lipinski definition) is 3. The number of hydrogen-bond donors (Lipinski definition) is 0. The van der Waals surface area contributed by atoms with E-state index >= 15 is 0 Å². The van der Waals surface area contributed by atoms with Crippen molar-refractivity contribution in [1.82, 2.24) is 10.3 Å². The standard InChI is InChI=1S/C16H24N2O/c1-9-10(2)12(16(6,7)8)14-13(17-19-18-14)11(9)15(3,4)5/h1-8H3. The first-order valence-electron chi connectivity index (χ1n) is 6.81. The predicted molar refractivity (Wildman–Crippen MR) is 78.7 cm³/mol. The molecule has 0 N–H and O–H groups in total. The van der Waals surface area contributed by atoms with Crippen molar-refractivity contribution in [1.29, 1.82) is 0 Å². The molecular formula is C16H24N2O. The largest absolute Gasteiger partial charge is 0.243 e. The average molecular weight is 260 g/mol. The van der Waals surface area contributed by atoms with E-state index in [0.29, 0.717) is 0 Å². The van der Waals surface area contributed by atoms with Crippen LogP contribution in [0, 0.1) is 13.8 Å². The van der Waals surface area contributed by atoms with Gasteiger partial charge in [0.25, 0.3) is 0 Å². The molecule has 1 aromatic heterocycles. The molecule has 0 amide bonds. The zero-order valence-corrected chi connectivity index (χ0v) is 13.3. The van der Waals surface area contributed by atoms with E-state index in [1.165, 1.54) is 22.3 Å². The van der Waals surface area contributed by atoms with Gasteiger partial charge in [-0.05, 0) is 57.2 Å². The molecule has 0 atom stereocenters. The van der Waals surface area contributed by atoms with Crippen molar-refractivity contribution >= 4 is 11.0 Å². The first-order chi connectivity index (χ1) is 8.55. The third-order valence-electron chi connectivity index (χ3n) is 3.77. The Morgan fingerprint density at radius 2 is 1.00 bits per heavy atom. The van der Waals surface area contributed by atoms with Crippen LogP contribution in [0.1, 0.15) is 63.8 Å². The van der Waals surface area contributed by atoms with E-state index < -0.39 is 0 Å². The second-order valence-electron chi connectivity index (χ2n) is 7.46. The molecule has 3 nitrogen and oxygen atoms in total. The fourth-order valence-corrected chi connectivity index (χ4v) is 3.08. The second kappa shape index (κ2) is 4.06. The zero-order chi connectivity index (χ0) is 14.6. The first-order valence-corrected chi connectivity index (χ1v) is 6.81. The van der Waals surface area contributed by atoms with Crippen LogP contribution < -0.4 is 0 Å². The first kappa shape index (κ1) is 14.0. The fraction of sp³-hybridized carbons (Fsp3) is 0.625. The number of rotatable bonds is 0. The highest BCUT2D eigenvalue weighted by Crippen LogP contribution is 2.39. The van der Waals surface area contributed by atoms with Gasteiger partial charge in [-0.2, -0.15) is 0 Å². The zero-order valence-electron chi connectivity index (χ0n) is 13.3. The Labute approximate surface area is 115 Å². The highest BCUT2D eigenvalue weighted by Gasteiger charge is 2.30. The van der Waals surface area contributed by atoms with Gasteiger partial charge in [0, 0.05) is 0 Å². The highest BCUT2D eigenvalue weighted by molar-refractivity contribution is 5.85. The number of nitrogens with zero attached hydrogens (tertiary/aromatic N) is 2. The number of fused-ring (bicyclic) bond motifs is 1. The molecule has 2 rings (SSSR count). The number of benzene rings is 1. The lowest BCUT2D eigenvalue weighted by Crippen LogP contribution is -2.20. The lowest BCUT2D eigenvalue weighted by atomic mass is 9.75. The minimum absolute atomic E-state index is 0.0298. The Morgan fingerprint density at radius 1 is 0.684 bits per heavy atom. The summed E-state index contributed by atoms with van der Waals surface area (Å²) in [7, 11) is 0. The van der Waals surface area contributed by atoms with Gasteiger partial charge in [-0.3, -0.25) is 0 Å². The molecule has 3 heteroatoms. The number of aromatic nitrogens is 2. The van der Waals surface area contributed by atoms with Crippen LogP contribution in [0.25, 0.3) is 11.0 Å². The third-order valence-corrected chi connectivity index (χ3v) is 3.77. The molecule has 0 saturated heterocycles. The monoisotopic (exact) mass is 260 g/mol. The van der Waals surface area contributed by atoms with E-state index in [1.807, 2.05) is 0 Å². The highest BCUT2D eigenvalue weighted by atomic mass is 16.6. The molecule has 0 bridgehead atoms. The van der Waals surface area contributed by atoms with E-state index in [0.717, 1.165) is 11.0 Å². The van der Waals surface area contributed by atoms with Crippen LogP contribution >= 0.6 is 0 Å². The lowest BCUT2D eigenvalue weighted by Gasteiger charge is -2.28. The Hall–Kier alpha value is -1.38. The van der Waals surface area contributed by atoms with Crippen LogP contribution in [0.15, 0.2) is 4.63 Å². The molecule has 1 heterocycles. The maximum Gasteiger partial charge on any atom is 0.139 e. The molecule has 1 aromatic carbocycles. The SMILES string of the molecule is Cc1c(C)c(C(C)(C)C)c2nonc2c1C(C)(C)C. The van der Waals surface area contributed by atoms with Gasteiger partial charge in [0.2, 0.25) is 0 Å². The maximum atomic E-state index is 5.05. The Bertz CT molecular complexity index is 571. The Balaban J connectivity index is 2.99. The van der Waals surface area contributed by atoms with Gasteiger partial charge in [0.15, 0.2) is 0 Å². The summed E-state index contributed by atoms with van der Waals surface area (Å²) in [6, 6.07) is 0.